The highest BCUT2D eigenvalue weighted by atomic mass is 35.5. The largest absolute Gasteiger partial charge is 0.352 e. The van der Waals surface area contributed by atoms with E-state index in [0.29, 0.717) is 30.8 Å². The van der Waals surface area contributed by atoms with Gasteiger partial charge in [0, 0.05) is 30.5 Å². The Morgan fingerprint density at radius 3 is 2.13 bits per heavy atom. The van der Waals surface area contributed by atoms with E-state index in [9.17, 15) is 9.59 Å². The first-order valence-electron chi connectivity index (χ1n) is 14.0. The van der Waals surface area contributed by atoms with Crippen molar-refractivity contribution < 1.29 is 9.59 Å². The number of nitrogens with zero attached hydrogens (tertiary/aromatic N) is 1. The van der Waals surface area contributed by atoms with Gasteiger partial charge in [-0.25, -0.2) is 0 Å². The fourth-order valence-electron chi connectivity index (χ4n) is 5.22. The van der Waals surface area contributed by atoms with E-state index in [1.165, 1.54) is 12.0 Å². The van der Waals surface area contributed by atoms with Crippen LogP contribution < -0.4 is 5.32 Å². The Hall–Kier alpha value is -3.11. The Labute approximate surface area is 232 Å². The molecule has 4 rings (SSSR count). The van der Waals surface area contributed by atoms with E-state index in [2.05, 4.69) is 36.5 Å². The Morgan fingerprint density at radius 2 is 1.47 bits per heavy atom. The van der Waals surface area contributed by atoms with Crippen molar-refractivity contribution in [3.63, 3.8) is 0 Å². The van der Waals surface area contributed by atoms with E-state index >= 15 is 0 Å². The Morgan fingerprint density at radius 1 is 0.842 bits per heavy atom. The van der Waals surface area contributed by atoms with Gasteiger partial charge in [0.15, 0.2) is 0 Å². The number of carbonyl (C=O) groups is 2. The summed E-state index contributed by atoms with van der Waals surface area (Å²) in [6, 6.07) is 25.6. The van der Waals surface area contributed by atoms with Crippen LogP contribution >= 0.6 is 11.6 Å². The number of halogens is 1. The number of carbonyl (C=O) groups excluding carboxylic acids is 2. The van der Waals surface area contributed by atoms with Gasteiger partial charge in [0.25, 0.3) is 0 Å². The summed E-state index contributed by atoms with van der Waals surface area (Å²) in [6.07, 6.45) is 7.96. The molecule has 0 spiro atoms. The number of aryl methyl sites for hydroxylation is 2. The number of nitrogens with one attached hydrogen (secondary N) is 1. The van der Waals surface area contributed by atoms with Crippen LogP contribution in [0.5, 0.6) is 0 Å². The molecule has 2 amide bonds. The predicted octanol–water partition coefficient (Wildman–Crippen LogP) is 6.92. The molecule has 4 nitrogen and oxygen atoms in total. The summed E-state index contributed by atoms with van der Waals surface area (Å²) < 4.78 is 0. The second-order valence-electron chi connectivity index (χ2n) is 10.4. The molecule has 38 heavy (non-hydrogen) atoms. The summed E-state index contributed by atoms with van der Waals surface area (Å²) in [4.78, 5) is 29.5. The molecule has 0 heterocycles. The topological polar surface area (TPSA) is 49.4 Å². The van der Waals surface area contributed by atoms with Crippen molar-refractivity contribution in [2.45, 2.75) is 83.3 Å². The van der Waals surface area contributed by atoms with E-state index in [0.717, 1.165) is 48.8 Å². The van der Waals surface area contributed by atoms with Crippen LogP contribution in [-0.2, 0) is 35.4 Å². The highest BCUT2D eigenvalue weighted by molar-refractivity contribution is 6.30. The van der Waals surface area contributed by atoms with Crippen molar-refractivity contribution in [2.24, 2.45) is 0 Å². The number of hydrogen-bond donors (Lipinski definition) is 1. The lowest BCUT2D eigenvalue weighted by Crippen LogP contribution is -2.52. The van der Waals surface area contributed by atoms with Gasteiger partial charge < -0.3 is 10.2 Å². The van der Waals surface area contributed by atoms with E-state index in [4.69, 9.17) is 11.6 Å². The quantitative estimate of drug-likeness (QED) is 0.292. The van der Waals surface area contributed by atoms with Gasteiger partial charge in [-0.05, 0) is 60.1 Å². The molecule has 200 valence electrons. The molecule has 1 fully saturated rings. The maximum Gasteiger partial charge on any atom is 0.243 e. The van der Waals surface area contributed by atoms with E-state index in [-0.39, 0.29) is 17.9 Å². The fraction of sp³-hybridized carbons (Fsp3) is 0.394. The lowest BCUT2D eigenvalue weighted by atomic mass is 9.94. The van der Waals surface area contributed by atoms with Crippen molar-refractivity contribution in [3.05, 3.63) is 106 Å². The molecule has 1 aliphatic carbocycles. The van der Waals surface area contributed by atoms with E-state index in [1.807, 2.05) is 54.6 Å². The molecule has 0 bridgehead atoms. The predicted molar refractivity (Wildman–Crippen MR) is 155 cm³/mol. The number of benzene rings is 3. The average molecular weight is 531 g/mol. The summed E-state index contributed by atoms with van der Waals surface area (Å²) in [6.45, 7) is 2.50. The van der Waals surface area contributed by atoms with Gasteiger partial charge in [0.05, 0.1) is 0 Å². The third-order valence-corrected chi connectivity index (χ3v) is 7.80. The number of hydrogen-bond acceptors (Lipinski definition) is 2. The zero-order valence-corrected chi connectivity index (χ0v) is 23.1. The van der Waals surface area contributed by atoms with Crippen LogP contribution in [0.3, 0.4) is 0 Å². The minimum Gasteiger partial charge on any atom is -0.352 e. The fourth-order valence-corrected chi connectivity index (χ4v) is 5.35. The molecule has 5 heteroatoms. The summed E-state index contributed by atoms with van der Waals surface area (Å²) in [5, 5.41) is 3.95. The zero-order chi connectivity index (χ0) is 26.7. The maximum absolute atomic E-state index is 13.9. The van der Waals surface area contributed by atoms with Crippen LogP contribution in [-0.4, -0.2) is 28.8 Å². The normalized spacial score (nSPS) is 14.6. The average Bonchev–Trinajstić information content (AvgIpc) is 2.96. The molecule has 1 aliphatic rings. The smallest absolute Gasteiger partial charge is 0.243 e. The zero-order valence-electron chi connectivity index (χ0n) is 22.4. The molecule has 0 saturated heterocycles. The van der Waals surface area contributed by atoms with Crippen LogP contribution in [0.4, 0.5) is 0 Å². The van der Waals surface area contributed by atoms with Gasteiger partial charge >= 0.3 is 0 Å². The number of amides is 2. The minimum atomic E-state index is -0.593. The summed E-state index contributed by atoms with van der Waals surface area (Å²) in [5.41, 5.74) is 4.42. The lowest BCUT2D eigenvalue weighted by Gasteiger charge is -2.33. The third-order valence-electron chi connectivity index (χ3n) is 7.55. The number of rotatable bonds is 11. The Bertz CT molecular complexity index is 1160. The van der Waals surface area contributed by atoms with E-state index < -0.39 is 6.04 Å². The van der Waals surface area contributed by atoms with Gasteiger partial charge in [-0.15, -0.1) is 0 Å². The van der Waals surface area contributed by atoms with E-state index in [1.54, 1.807) is 4.90 Å². The SMILES string of the molecule is CCc1ccc(CCC(=O)N(Cc2ccc(Cl)cc2)[C@@H](Cc2ccccc2)C(=O)NC2CCCCC2)cc1. The molecular weight excluding hydrogens is 492 g/mol. The third kappa shape index (κ3) is 8.19. The van der Waals surface area contributed by atoms with Gasteiger partial charge in [-0.1, -0.05) is 105 Å². The van der Waals surface area contributed by atoms with Crippen LogP contribution in [0.1, 0.15) is 67.7 Å². The first kappa shape index (κ1) is 27.9. The monoisotopic (exact) mass is 530 g/mol. The second kappa shape index (κ2) is 14.2. The van der Waals surface area contributed by atoms with Crippen molar-refractivity contribution in [2.75, 3.05) is 0 Å². The maximum atomic E-state index is 13.9. The summed E-state index contributed by atoms with van der Waals surface area (Å²) >= 11 is 6.13. The van der Waals surface area contributed by atoms with Crippen LogP contribution in [0, 0.1) is 0 Å². The Kier molecular flexibility index (Phi) is 10.4. The minimum absolute atomic E-state index is 0.0146. The van der Waals surface area contributed by atoms with Gasteiger partial charge in [0.2, 0.25) is 11.8 Å². The highest BCUT2D eigenvalue weighted by Gasteiger charge is 2.31. The molecule has 1 saturated carbocycles. The standard InChI is InChI=1S/C33H39ClN2O2/c1-2-25-13-15-26(16-14-25)19-22-32(37)36(24-28-17-20-29(34)21-18-28)31(23-27-9-5-3-6-10-27)33(38)35-30-11-7-4-8-12-30/h3,5-6,9-10,13-18,20-21,30-31H,2,4,7-8,11-12,19,22-24H2,1H3,(H,35,38)/t31-/m0/s1. The highest BCUT2D eigenvalue weighted by Crippen LogP contribution is 2.21. The molecule has 3 aromatic carbocycles. The van der Waals surface area contributed by atoms with Crippen molar-refractivity contribution in [1.29, 1.82) is 0 Å². The molecule has 0 radical (unpaired) electrons. The van der Waals surface area contributed by atoms with Crippen LogP contribution in [0.2, 0.25) is 5.02 Å². The Balaban J connectivity index is 1.58. The molecule has 0 unspecified atom stereocenters. The summed E-state index contributed by atoms with van der Waals surface area (Å²) in [5.74, 6) is -0.0744. The van der Waals surface area contributed by atoms with Crippen LogP contribution in [0.15, 0.2) is 78.9 Å². The molecule has 1 atom stereocenters. The molecule has 0 aromatic heterocycles. The van der Waals surface area contributed by atoms with Crippen LogP contribution in [0.25, 0.3) is 0 Å². The molecular formula is C33H39ClN2O2. The molecule has 3 aromatic rings. The molecule has 0 aliphatic heterocycles. The summed E-state index contributed by atoms with van der Waals surface area (Å²) in [7, 11) is 0. The second-order valence-corrected chi connectivity index (χ2v) is 10.8. The first-order valence-corrected chi connectivity index (χ1v) is 14.4. The van der Waals surface area contributed by atoms with Crippen molar-refractivity contribution >= 4 is 23.4 Å². The van der Waals surface area contributed by atoms with Crippen molar-refractivity contribution in [3.8, 4) is 0 Å². The van der Waals surface area contributed by atoms with Gasteiger partial charge in [-0.3, -0.25) is 9.59 Å². The van der Waals surface area contributed by atoms with Gasteiger partial charge in [-0.2, -0.15) is 0 Å². The molecule has 1 N–H and O–H groups in total. The van der Waals surface area contributed by atoms with Crippen molar-refractivity contribution in [1.82, 2.24) is 10.2 Å². The first-order chi connectivity index (χ1) is 18.5. The van der Waals surface area contributed by atoms with Gasteiger partial charge in [0.1, 0.15) is 6.04 Å². The lowest BCUT2D eigenvalue weighted by molar-refractivity contribution is -0.141.